The van der Waals surface area contributed by atoms with E-state index in [-0.39, 0.29) is 24.1 Å². The van der Waals surface area contributed by atoms with Crippen LogP contribution >= 0.6 is 0 Å². The van der Waals surface area contributed by atoms with E-state index in [1.807, 2.05) is 31.2 Å². The van der Waals surface area contributed by atoms with Crippen molar-refractivity contribution in [3.63, 3.8) is 0 Å². The molecule has 0 radical (unpaired) electrons. The summed E-state index contributed by atoms with van der Waals surface area (Å²) in [7, 11) is 2.14. The lowest BCUT2D eigenvalue weighted by Gasteiger charge is -2.32. The Hall–Kier alpha value is -3.96. The third kappa shape index (κ3) is 6.37. The molecule has 3 N–H and O–H groups in total. The quantitative estimate of drug-likeness (QED) is 0.296. The first-order valence-corrected chi connectivity index (χ1v) is 13.2. The fourth-order valence-electron chi connectivity index (χ4n) is 4.51. The third-order valence-corrected chi connectivity index (χ3v) is 6.85. The van der Waals surface area contributed by atoms with E-state index in [1.54, 1.807) is 12.1 Å². The van der Waals surface area contributed by atoms with Gasteiger partial charge in [0.1, 0.15) is 11.3 Å². The average Bonchev–Trinajstić information content (AvgIpc) is 3.23. The van der Waals surface area contributed by atoms with Crippen molar-refractivity contribution in [1.82, 2.24) is 29.3 Å². The van der Waals surface area contributed by atoms with E-state index in [9.17, 15) is 4.79 Å². The normalized spacial score (nSPS) is 14.6. The lowest BCUT2D eigenvalue weighted by atomic mass is 10.2. The van der Waals surface area contributed by atoms with Gasteiger partial charge in [-0.05, 0) is 48.9 Å². The zero-order chi connectivity index (χ0) is 27.4. The number of imidazole rings is 1. The minimum absolute atomic E-state index is 0.0852. The number of hydrogen-bond donors (Lipinski definition) is 2. The number of aromatic nitrogens is 4. The van der Waals surface area contributed by atoms with Crippen molar-refractivity contribution in [3.8, 4) is 17.5 Å². The van der Waals surface area contributed by atoms with Crippen LogP contribution < -0.4 is 20.9 Å². The Morgan fingerprint density at radius 3 is 2.49 bits per heavy atom. The van der Waals surface area contributed by atoms with Gasteiger partial charge in [0, 0.05) is 32.7 Å². The lowest BCUT2D eigenvalue weighted by molar-refractivity contribution is 0.148. The largest absolute Gasteiger partial charge is 0.463 e. The monoisotopic (exact) mass is 535 g/mol. The Kier molecular flexibility index (Phi) is 8.08. The van der Waals surface area contributed by atoms with Gasteiger partial charge in [-0.1, -0.05) is 31.5 Å². The summed E-state index contributed by atoms with van der Waals surface area (Å²) in [5.41, 5.74) is 7.97. The standard InChI is InChI=1S/C28H34FN7O3/c1-3-4-15-38-27-32-25(30)24-26(33-27)36(28(37)31-24)18-20-7-10-23(22(29)16-20)39-21-8-5-19(6-9-21)17-35-13-11-34(2)12-14-35/h5-10,16H,3-4,11-15,17-18H2,1-2H3,(H,31,37)(H2,30,32,33). The summed E-state index contributed by atoms with van der Waals surface area (Å²) in [5.74, 6) is 0.251. The highest BCUT2D eigenvalue weighted by atomic mass is 19.1. The van der Waals surface area contributed by atoms with Crippen LogP contribution in [0.2, 0.25) is 0 Å². The molecule has 4 aromatic rings. The Morgan fingerprint density at radius 1 is 1.03 bits per heavy atom. The van der Waals surface area contributed by atoms with E-state index in [1.165, 1.54) is 16.2 Å². The third-order valence-electron chi connectivity index (χ3n) is 6.85. The smallest absolute Gasteiger partial charge is 0.328 e. The predicted octanol–water partition coefficient (Wildman–Crippen LogP) is 3.61. The number of likely N-dealkylation sites (N-methyl/N-ethyl adjacent to an activating group) is 1. The Balaban J connectivity index is 1.27. The number of H-pyrrole nitrogens is 1. The van der Waals surface area contributed by atoms with Gasteiger partial charge in [0.05, 0.1) is 13.2 Å². The van der Waals surface area contributed by atoms with E-state index in [0.29, 0.717) is 29.1 Å². The zero-order valence-corrected chi connectivity index (χ0v) is 22.3. The number of nitrogens with zero attached hydrogens (tertiary/aromatic N) is 5. The maximum atomic E-state index is 15.0. The van der Waals surface area contributed by atoms with Crippen LogP contribution in [0.1, 0.15) is 30.9 Å². The van der Waals surface area contributed by atoms with Crippen LogP contribution in [0.3, 0.4) is 0 Å². The number of unbranched alkanes of at least 4 members (excludes halogenated alkanes) is 1. The van der Waals surface area contributed by atoms with Gasteiger partial charge in [-0.2, -0.15) is 9.97 Å². The molecule has 0 amide bonds. The molecule has 11 heteroatoms. The summed E-state index contributed by atoms with van der Waals surface area (Å²) in [6.07, 6.45) is 1.80. The van der Waals surface area contributed by atoms with Crippen LogP contribution in [0.5, 0.6) is 17.5 Å². The molecule has 0 spiro atoms. The maximum Gasteiger partial charge on any atom is 0.328 e. The second-order valence-electron chi connectivity index (χ2n) is 9.90. The molecule has 3 heterocycles. The number of halogens is 1. The molecule has 1 fully saturated rings. The van der Waals surface area contributed by atoms with Gasteiger partial charge in [-0.25, -0.2) is 9.18 Å². The van der Waals surface area contributed by atoms with Crippen LogP contribution in [-0.4, -0.2) is 69.2 Å². The topological polar surface area (TPSA) is 115 Å². The molecule has 206 valence electrons. The molecular formula is C28H34FN7O3. The predicted molar refractivity (Wildman–Crippen MR) is 148 cm³/mol. The van der Waals surface area contributed by atoms with Crippen molar-refractivity contribution in [2.45, 2.75) is 32.9 Å². The molecule has 1 aliphatic rings. The van der Waals surface area contributed by atoms with Crippen molar-refractivity contribution < 1.29 is 13.9 Å². The molecule has 1 saturated heterocycles. The van der Waals surface area contributed by atoms with Gasteiger partial charge >= 0.3 is 11.7 Å². The number of aromatic amines is 1. The highest BCUT2D eigenvalue weighted by Crippen LogP contribution is 2.27. The molecule has 0 atom stereocenters. The number of hydrogen-bond acceptors (Lipinski definition) is 8. The second-order valence-corrected chi connectivity index (χ2v) is 9.90. The highest BCUT2D eigenvalue weighted by Gasteiger charge is 2.17. The van der Waals surface area contributed by atoms with Crippen LogP contribution in [0.25, 0.3) is 11.2 Å². The first-order chi connectivity index (χ1) is 18.9. The fraction of sp³-hybridized carbons (Fsp3) is 0.393. The van der Waals surface area contributed by atoms with E-state index in [4.69, 9.17) is 15.2 Å². The van der Waals surface area contributed by atoms with Crippen LogP contribution in [-0.2, 0) is 13.1 Å². The number of ether oxygens (including phenoxy) is 2. The molecule has 39 heavy (non-hydrogen) atoms. The molecule has 2 aromatic carbocycles. The summed E-state index contributed by atoms with van der Waals surface area (Å²) in [5, 5.41) is 0. The number of fused-ring (bicyclic) bond motifs is 1. The summed E-state index contributed by atoms with van der Waals surface area (Å²) in [4.78, 5) is 28.6. The summed E-state index contributed by atoms with van der Waals surface area (Å²) in [6, 6.07) is 12.5. The molecule has 0 saturated carbocycles. The SMILES string of the molecule is CCCCOc1nc(N)c2[nH]c(=O)n(Cc3ccc(Oc4ccc(CN5CCN(C)CC5)cc4)c(F)c3)c2n1. The van der Waals surface area contributed by atoms with Gasteiger partial charge in [-0.3, -0.25) is 9.47 Å². The first-order valence-electron chi connectivity index (χ1n) is 13.2. The van der Waals surface area contributed by atoms with Crippen molar-refractivity contribution in [2.24, 2.45) is 0 Å². The molecular weight excluding hydrogens is 501 g/mol. The number of nitrogens with one attached hydrogen (secondary N) is 1. The van der Waals surface area contributed by atoms with E-state index >= 15 is 4.39 Å². The van der Waals surface area contributed by atoms with Crippen molar-refractivity contribution in [2.75, 3.05) is 45.6 Å². The Labute approximate surface area is 226 Å². The number of piperazine rings is 1. The van der Waals surface area contributed by atoms with Gasteiger partial charge in [0.2, 0.25) is 0 Å². The van der Waals surface area contributed by atoms with Gasteiger partial charge in [0.25, 0.3) is 0 Å². The van der Waals surface area contributed by atoms with Crippen LogP contribution in [0.15, 0.2) is 47.3 Å². The van der Waals surface area contributed by atoms with E-state index in [0.717, 1.165) is 45.6 Å². The van der Waals surface area contributed by atoms with E-state index < -0.39 is 11.5 Å². The number of anilines is 1. The van der Waals surface area contributed by atoms with Crippen LogP contribution in [0.4, 0.5) is 10.2 Å². The Bertz CT molecular complexity index is 1480. The summed E-state index contributed by atoms with van der Waals surface area (Å²) in [6.45, 7) is 7.70. The second kappa shape index (κ2) is 11.8. The lowest BCUT2D eigenvalue weighted by Crippen LogP contribution is -2.43. The maximum absolute atomic E-state index is 15.0. The molecule has 5 rings (SSSR count). The van der Waals surface area contributed by atoms with Crippen LogP contribution in [0, 0.1) is 5.82 Å². The van der Waals surface area contributed by atoms with E-state index in [2.05, 4.69) is 31.8 Å². The molecule has 0 unspecified atom stereocenters. The fourth-order valence-corrected chi connectivity index (χ4v) is 4.51. The van der Waals surface area contributed by atoms with Gasteiger partial charge < -0.3 is 25.1 Å². The minimum Gasteiger partial charge on any atom is -0.463 e. The molecule has 10 nitrogen and oxygen atoms in total. The number of nitrogens with two attached hydrogens (primary N) is 1. The number of nitrogen functional groups attached to an aromatic ring is 1. The van der Waals surface area contributed by atoms with Gasteiger partial charge in [-0.15, -0.1) is 0 Å². The summed E-state index contributed by atoms with van der Waals surface area (Å²) < 4.78 is 27.8. The van der Waals surface area contributed by atoms with Crippen molar-refractivity contribution in [3.05, 3.63) is 69.9 Å². The minimum atomic E-state index is -0.528. The molecule has 2 aromatic heterocycles. The van der Waals surface area contributed by atoms with Gasteiger partial charge in [0.15, 0.2) is 23.0 Å². The number of rotatable bonds is 10. The van der Waals surface area contributed by atoms with Crippen molar-refractivity contribution >= 4 is 17.0 Å². The van der Waals surface area contributed by atoms with Crippen molar-refractivity contribution in [1.29, 1.82) is 0 Å². The molecule has 1 aliphatic heterocycles. The highest BCUT2D eigenvalue weighted by molar-refractivity contribution is 5.81. The Morgan fingerprint density at radius 2 is 1.77 bits per heavy atom. The first kappa shape index (κ1) is 26.6. The molecule has 0 bridgehead atoms. The number of benzene rings is 2. The average molecular weight is 536 g/mol. The summed E-state index contributed by atoms with van der Waals surface area (Å²) >= 11 is 0. The molecule has 0 aliphatic carbocycles. The zero-order valence-electron chi connectivity index (χ0n) is 22.3.